The molecule has 0 amide bonds. The third kappa shape index (κ3) is 5.97. The molecule has 0 aromatic rings. The second kappa shape index (κ2) is 8.05. The normalized spacial score (nSPS) is 14.1. The van der Waals surface area contributed by atoms with E-state index in [0.717, 1.165) is 9.90 Å². The van der Waals surface area contributed by atoms with Crippen LogP contribution in [-0.2, 0) is 13.6 Å². The van der Waals surface area contributed by atoms with Crippen molar-refractivity contribution in [2.75, 3.05) is 19.0 Å². The molecule has 17 heavy (non-hydrogen) atoms. The number of thioether (sulfide) groups is 1. The van der Waals surface area contributed by atoms with Crippen LogP contribution in [0, 0.1) is 0 Å². The van der Waals surface area contributed by atoms with Gasteiger partial charge in [0.05, 0.1) is 0 Å². The van der Waals surface area contributed by atoms with Crippen LogP contribution in [-0.4, -0.2) is 32.2 Å². The Hall–Kier alpha value is 0.783. The van der Waals surface area contributed by atoms with E-state index >= 15 is 0 Å². The first-order valence-corrected chi connectivity index (χ1v) is 16.0. The monoisotopic (exact) mass is 342 g/mol. The van der Waals surface area contributed by atoms with E-state index in [1.807, 2.05) is 19.3 Å². The first-order valence-electron chi connectivity index (χ1n) is 6.03. The number of hydrogen-bond acceptors (Lipinski definition) is 4. The van der Waals surface area contributed by atoms with Crippen LogP contribution in [0.1, 0.15) is 20.8 Å². The van der Waals surface area contributed by atoms with Crippen LogP contribution >= 0.6 is 19.4 Å². The van der Waals surface area contributed by atoms with Gasteiger partial charge in [-0.2, -0.15) is 0 Å². The molecule has 0 rings (SSSR count). The van der Waals surface area contributed by atoms with E-state index in [2.05, 4.69) is 24.2 Å². The van der Waals surface area contributed by atoms with Crippen LogP contribution in [0.5, 0.6) is 0 Å². The van der Waals surface area contributed by atoms with Gasteiger partial charge in [-0.1, -0.05) is 0 Å². The third-order valence-electron chi connectivity index (χ3n) is 2.02. The van der Waals surface area contributed by atoms with Crippen molar-refractivity contribution in [2.45, 2.75) is 38.0 Å². The van der Waals surface area contributed by atoms with Crippen LogP contribution in [0.4, 0.5) is 0 Å². The molecule has 0 radical (unpaired) electrons. The fourth-order valence-corrected chi connectivity index (χ4v) is 13.3. The minimum atomic E-state index is -3.06. The van der Waals surface area contributed by atoms with Gasteiger partial charge < -0.3 is 0 Å². The van der Waals surface area contributed by atoms with Crippen molar-refractivity contribution in [3.05, 3.63) is 9.55 Å². The molecule has 0 spiro atoms. The molecule has 0 fully saturated rings. The summed E-state index contributed by atoms with van der Waals surface area (Å²) in [5.74, 6) is 7.62. The summed E-state index contributed by atoms with van der Waals surface area (Å²) in [5, 5.41) is 2.02. The van der Waals surface area contributed by atoms with Gasteiger partial charge in [-0.05, 0) is 0 Å². The third-order valence-corrected chi connectivity index (χ3v) is 14.0. The van der Waals surface area contributed by atoms with Gasteiger partial charge in [0.25, 0.3) is 0 Å². The molecule has 0 unspecified atom stereocenters. The summed E-state index contributed by atoms with van der Waals surface area (Å²) < 4.78 is 24.6. The van der Waals surface area contributed by atoms with Gasteiger partial charge in [-0.3, -0.25) is 0 Å². The Bertz CT molecular complexity index is 290. The van der Waals surface area contributed by atoms with Crippen molar-refractivity contribution in [3.8, 4) is 0 Å². The van der Waals surface area contributed by atoms with Gasteiger partial charge in [0.15, 0.2) is 0 Å². The van der Waals surface area contributed by atoms with Crippen molar-refractivity contribution < 1.29 is 13.6 Å². The number of rotatable bonds is 8. The summed E-state index contributed by atoms with van der Waals surface area (Å²) in [6.07, 6.45) is 0. The Kier molecular flexibility index (Phi) is 8.43. The van der Waals surface area contributed by atoms with E-state index in [9.17, 15) is 4.57 Å². The van der Waals surface area contributed by atoms with Crippen molar-refractivity contribution >= 4 is 32.6 Å². The molecule has 0 aliphatic rings. The molecule has 0 saturated carbocycles. The van der Waals surface area contributed by atoms with Crippen LogP contribution in [0.2, 0.25) is 17.3 Å². The predicted molar refractivity (Wildman–Crippen MR) is 80.4 cm³/mol. The molecular weight excluding hydrogens is 316 g/mol. The molecule has 0 bridgehead atoms. The molecule has 3 nitrogen and oxygen atoms in total. The average Bonchev–Trinajstić information content (AvgIpc) is 2.16. The maximum atomic E-state index is 12.8. The summed E-state index contributed by atoms with van der Waals surface area (Å²) in [6, 6.07) is 0. The summed E-state index contributed by atoms with van der Waals surface area (Å²) >= 11 is -0.553. The fraction of sp³-hybridized carbons (Fsp3) is 0.818. The zero-order chi connectivity index (χ0) is 13.5. The van der Waals surface area contributed by atoms with E-state index in [-0.39, 0.29) is 0 Å². The first-order chi connectivity index (χ1) is 7.81. The Labute approximate surface area is 113 Å². The van der Waals surface area contributed by atoms with E-state index in [4.69, 9.17) is 9.05 Å². The Morgan fingerprint density at radius 2 is 1.65 bits per heavy atom. The van der Waals surface area contributed by atoms with Gasteiger partial charge in [0.1, 0.15) is 0 Å². The Balaban J connectivity index is 5.30. The summed E-state index contributed by atoms with van der Waals surface area (Å²) in [7, 11) is -3.06. The van der Waals surface area contributed by atoms with Crippen LogP contribution < -0.4 is 0 Å². The van der Waals surface area contributed by atoms with Gasteiger partial charge in [0, 0.05) is 0 Å². The van der Waals surface area contributed by atoms with Gasteiger partial charge in [-0.25, -0.2) is 0 Å². The van der Waals surface area contributed by atoms with E-state index in [1.165, 1.54) is 0 Å². The van der Waals surface area contributed by atoms with Gasteiger partial charge in [0.2, 0.25) is 0 Å². The molecule has 0 aliphatic heterocycles. The predicted octanol–water partition coefficient (Wildman–Crippen LogP) is 4.72. The maximum absolute atomic E-state index is 12.8. The second-order valence-electron chi connectivity index (χ2n) is 4.54. The zero-order valence-electron chi connectivity index (χ0n) is 11.8. The zero-order valence-corrected chi connectivity index (χ0v) is 15.6. The van der Waals surface area contributed by atoms with Gasteiger partial charge >= 0.3 is 113 Å². The fourth-order valence-electron chi connectivity index (χ4n) is 1.33. The quantitative estimate of drug-likeness (QED) is 0.473. The van der Waals surface area contributed by atoms with E-state index in [1.54, 1.807) is 11.8 Å². The standard InChI is InChI=1S/C11H25GeO3PS/c1-7-14-16(13,15-8-2)11(10-17-9-3)12(4,5)6/h10H,7-9H2,1-6H3/b11-10+. The van der Waals surface area contributed by atoms with Crippen LogP contribution in [0.25, 0.3) is 0 Å². The van der Waals surface area contributed by atoms with Crippen molar-refractivity contribution in [3.63, 3.8) is 0 Å². The van der Waals surface area contributed by atoms with Crippen molar-refractivity contribution in [1.29, 1.82) is 0 Å². The molecule has 0 aromatic heterocycles. The SMILES string of the molecule is CCOP(=O)(OCC)/[C](=C/SCC)[Ge]([CH3])([CH3])[CH3]. The molecule has 0 N–H and O–H groups in total. The van der Waals surface area contributed by atoms with Crippen molar-refractivity contribution in [2.24, 2.45) is 0 Å². The molecule has 0 saturated heterocycles. The molecular formula is C11H25GeO3PS. The summed E-state index contributed by atoms with van der Waals surface area (Å²) in [5.41, 5.74) is 0. The second-order valence-corrected chi connectivity index (χ2v) is 19.1. The molecule has 0 aromatic carbocycles. The Morgan fingerprint density at radius 3 is 1.94 bits per heavy atom. The molecule has 0 atom stereocenters. The molecule has 0 heterocycles. The van der Waals surface area contributed by atoms with E-state index in [0.29, 0.717) is 13.2 Å². The van der Waals surface area contributed by atoms with Crippen molar-refractivity contribution in [1.82, 2.24) is 0 Å². The topological polar surface area (TPSA) is 35.5 Å². The molecule has 0 aliphatic carbocycles. The van der Waals surface area contributed by atoms with E-state index < -0.39 is 20.9 Å². The minimum absolute atomic E-state index is 0.420. The van der Waals surface area contributed by atoms with Crippen LogP contribution in [0.3, 0.4) is 0 Å². The Morgan fingerprint density at radius 1 is 1.18 bits per heavy atom. The van der Waals surface area contributed by atoms with Crippen LogP contribution in [0.15, 0.2) is 9.55 Å². The van der Waals surface area contributed by atoms with Gasteiger partial charge in [-0.15, -0.1) is 0 Å². The molecule has 6 heteroatoms. The summed E-state index contributed by atoms with van der Waals surface area (Å²) in [4.78, 5) is 0. The first kappa shape index (κ1) is 17.8. The molecule has 102 valence electrons. The number of hydrogen-bond donors (Lipinski definition) is 0. The summed E-state index contributed by atoms with van der Waals surface area (Å²) in [6.45, 7) is 6.63. The average molecular weight is 341 g/mol.